The fraction of sp³-hybridized carbons (Fsp3) is 0.765. The zero-order valence-corrected chi connectivity index (χ0v) is 17.8. The van der Waals surface area contributed by atoms with Crippen LogP contribution in [0.1, 0.15) is 51.5 Å². The topological polar surface area (TPSA) is 122 Å². The third-order valence-corrected chi connectivity index (χ3v) is 5.78. The van der Waals surface area contributed by atoms with Crippen LogP contribution in [0.5, 0.6) is 0 Å². The molecule has 1 aliphatic heterocycles. The van der Waals surface area contributed by atoms with Crippen LogP contribution in [-0.2, 0) is 29.6 Å². The average Bonchev–Trinajstić information content (AvgIpc) is 3.08. The van der Waals surface area contributed by atoms with Gasteiger partial charge in [-0.25, -0.2) is 4.98 Å². The van der Waals surface area contributed by atoms with E-state index in [0.717, 1.165) is 25.7 Å². The summed E-state index contributed by atoms with van der Waals surface area (Å²) in [5, 5.41) is 2.90. The zero-order chi connectivity index (χ0) is 20.4. The number of nitrogens with one attached hydrogen (secondary N) is 1. The molecule has 0 aromatic carbocycles. The maximum absolute atomic E-state index is 12.8. The van der Waals surface area contributed by atoms with Gasteiger partial charge in [0.25, 0.3) is 0 Å². The SMILES string of the molecule is CCCCOP(=O)(COCCn1cnc2c1N=C(N)NC2OC)OCCCC. The average molecular weight is 417 g/mol. The van der Waals surface area contributed by atoms with Crippen molar-refractivity contribution in [1.29, 1.82) is 0 Å². The van der Waals surface area contributed by atoms with Crippen LogP contribution in [0.15, 0.2) is 11.3 Å². The first-order chi connectivity index (χ1) is 13.5. The van der Waals surface area contributed by atoms with Crippen molar-refractivity contribution >= 4 is 19.4 Å². The van der Waals surface area contributed by atoms with Crippen LogP contribution in [-0.4, -0.2) is 48.8 Å². The van der Waals surface area contributed by atoms with Crippen molar-refractivity contribution in [1.82, 2.24) is 14.9 Å². The van der Waals surface area contributed by atoms with Crippen LogP contribution in [0, 0.1) is 0 Å². The van der Waals surface area contributed by atoms with Gasteiger partial charge in [0.1, 0.15) is 12.0 Å². The van der Waals surface area contributed by atoms with Gasteiger partial charge in [0.15, 0.2) is 18.0 Å². The van der Waals surface area contributed by atoms with Gasteiger partial charge in [-0.15, -0.1) is 0 Å². The molecule has 0 saturated heterocycles. The Kier molecular flexibility index (Phi) is 9.40. The first kappa shape index (κ1) is 22.8. The van der Waals surface area contributed by atoms with Crippen LogP contribution in [0.2, 0.25) is 0 Å². The molecule has 11 heteroatoms. The first-order valence-corrected chi connectivity index (χ1v) is 11.4. The summed E-state index contributed by atoms with van der Waals surface area (Å²) in [5.41, 5.74) is 6.45. The van der Waals surface area contributed by atoms with Crippen LogP contribution in [0.3, 0.4) is 0 Å². The minimum atomic E-state index is -3.26. The summed E-state index contributed by atoms with van der Waals surface area (Å²) in [7, 11) is -1.69. The Morgan fingerprint density at radius 1 is 1.21 bits per heavy atom. The van der Waals surface area contributed by atoms with Crippen molar-refractivity contribution in [2.75, 3.05) is 33.3 Å². The van der Waals surface area contributed by atoms with E-state index in [9.17, 15) is 4.57 Å². The molecule has 0 radical (unpaired) electrons. The molecule has 1 aromatic rings. The molecule has 3 N–H and O–H groups in total. The molecule has 0 spiro atoms. The summed E-state index contributed by atoms with van der Waals surface area (Å²) in [6.45, 7) is 5.68. The van der Waals surface area contributed by atoms with E-state index in [1.165, 1.54) is 0 Å². The number of aliphatic imine (C=N–C) groups is 1. The summed E-state index contributed by atoms with van der Waals surface area (Å²) >= 11 is 0. The number of rotatable bonds is 14. The van der Waals surface area contributed by atoms with Gasteiger partial charge in [0, 0.05) is 13.7 Å². The lowest BCUT2D eigenvalue weighted by molar-refractivity contribution is 0.0863. The smallest absolute Gasteiger partial charge is 0.356 e. The van der Waals surface area contributed by atoms with Crippen LogP contribution in [0.4, 0.5) is 5.82 Å². The number of nitrogens with two attached hydrogens (primary N) is 1. The minimum absolute atomic E-state index is 0.0784. The fourth-order valence-corrected chi connectivity index (χ4v) is 3.92. The third-order valence-electron chi connectivity index (χ3n) is 4.12. The maximum atomic E-state index is 12.8. The molecule has 1 unspecified atom stereocenters. The lowest BCUT2D eigenvalue weighted by atomic mass is 10.3. The summed E-state index contributed by atoms with van der Waals surface area (Å²) in [4.78, 5) is 8.60. The largest absolute Gasteiger partial charge is 0.370 e. The zero-order valence-electron chi connectivity index (χ0n) is 16.9. The molecule has 10 nitrogen and oxygen atoms in total. The number of nitrogens with zero attached hydrogens (tertiary/aromatic N) is 3. The van der Waals surface area contributed by atoms with E-state index < -0.39 is 13.8 Å². The highest BCUT2D eigenvalue weighted by Crippen LogP contribution is 2.48. The summed E-state index contributed by atoms with van der Waals surface area (Å²) in [6.07, 6.45) is 4.72. The molecule has 1 atom stereocenters. The molecule has 28 heavy (non-hydrogen) atoms. The molecule has 160 valence electrons. The van der Waals surface area contributed by atoms with Crippen molar-refractivity contribution in [3.8, 4) is 0 Å². The standard InChI is InChI=1S/C17H32N5O5P/c1-4-6-9-26-28(23,27-10-7-5-2)13-25-11-8-22-12-19-14-15(22)20-17(18)21-16(14)24-3/h12,16H,4-11,13H2,1-3H3,(H3,18,20,21). The predicted molar refractivity (Wildman–Crippen MR) is 107 cm³/mol. The van der Waals surface area contributed by atoms with E-state index in [0.29, 0.717) is 37.9 Å². The van der Waals surface area contributed by atoms with Gasteiger partial charge in [0.05, 0.1) is 26.1 Å². The summed E-state index contributed by atoms with van der Waals surface area (Å²) < 4.78 is 36.6. The second-order valence-electron chi connectivity index (χ2n) is 6.43. The lowest BCUT2D eigenvalue weighted by Gasteiger charge is -2.21. The van der Waals surface area contributed by atoms with Crippen LogP contribution < -0.4 is 11.1 Å². The van der Waals surface area contributed by atoms with E-state index in [2.05, 4.69) is 15.3 Å². The highest BCUT2D eigenvalue weighted by molar-refractivity contribution is 7.53. The van der Waals surface area contributed by atoms with Crippen molar-refractivity contribution in [2.45, 2.75) is 52.3 Å². The Balaban J connectivity index is 1.88. The molecule has 0 fully saturated rings. The first-order valence-electron chi connectivity index (χ1n) is 9.67. The monoisotopic (exact) mass is 417 g/mol. The van der Waals surface area contributed by atoms with Gasteiger partial charge in [-0.3, -0.25) is 4.57 Å². The highest BCUT2D eigenvalue weighted by Gasteiger charge is 2.26. The fourth-order valence-electron chi connectivity index (χ4n) is 2.53. The molecular weight excluding hydrogens is 385 g/mol. The molecule has 1 aliphatic rings. The van der Waals surface area contributed by atoms with Gasteiger partial charge < -0.3 is 34.1 Å². The van der Waals surface area contributed by atoms with E-state index in [1.807, 2.05) is 18.4 Å². The number of unbranched alkanes of at least 4 members (excludes halogenated alkanes) is 2. The Hall–Kier alpha value is -1.45. The molecule has 0 saturated carbocycles. The van der Waals surface area contributed by atoms with Crippen molar-refractivity contribution < 1.29 is 23.1 Å². The third kappa shape index (κ3) is 6.56. The van der Waals surface area contributed by atoms with Crippen LogP contribution >= 0.6 is 7.60 Å². The quantitative estimate of drug-likeness (QED) is 0.350. The van der Waals surface area contributed by atoms with E-state index in [4.69, 9.17) is 24.3 Å². The van der Waals surface area contributed by atoms with Crippen molar-refractivity contribution in [2.24, 2.45) is 10.7 Å². The van der Waals surface area contributed by atoms with Gasteiger partial charge >= 0.3 is 7.60 Å². The van der Waals surface area contributed by atoms with Gasteiger partial charge in [-0.2, -0.15) is 4.99 Å². The normalized spacial score (nSPS) is 16.5. The Labute approximate surface area is 166 Å². The molecule has 2 heterocycles. The van der Waals surface area contributed by atoms with Gasteiger partial charge in [-0.05, 0) is 12.8 Å². The van der Waals surface area contributed by atoms with Crippen molar-refractivity contribution in [3.05, 3.63) is 12.0 Å². The second kappa shape index (κ2) is 11.5. The molecule has 0 aliphatic carbocycles. The minimum Gasteiger partial charge on any atom is -0.370 e. The molecule has 1 aromatic heterocycles. The number of hydrogen-bond donors (Lipinski definition) is 2. The molecule has 0 bridgehead atoms. The van der Waals surface area contributed by atoms with Gasteiger partial charge in [0.2, 0.25) is 0 Å². The van der Waals surface area contributed by atoms with Crippen molar-refractivity contribution in [3.63, 3.8) is 0 Å². The Morgan fingerprint density at radius 2 is 1.89 bits per heavy atom. The molecule has 0 amide bonds. The summed E-state index contributed by atoms with van der Waals surface area (Å²) in [6, 6.07) is 0. The number of guanidine groups is 1. The lowest BCUT2D eigenvalue weighted by Crippen LogP contribution is -2.38. The number of ether oxygens (including phenoxy) is 2. The van der Waals surface area contributed by atoms with E-state index >= 15 is 0 Å². The Bertz CT molecular complexity index is 667. The predicted octanol–water partition coefficient (Wildman–Crippen LogP) is 2.88. The van der Waals surface area contributed by atoms with E-state index in [-0.39, 0.29) is 12.3 Å². The second-order valence-corrected chi connectivity index (χ2v) is 8.42. The number of imidazole rings is 1. The number of fused-ring (bicyclic) bond motifs is 1. The number of aromatic nitrogens is 2. The number of methoxy groups -OCH3 is 1. The van der Waals surface area contributed by atoms with Crippen LogP contribution in [0.25, 0.3) is 0 Å². The maximum Gasteiger partial charge on any atom is 0.356 e. The highest BCUT2D eigenvalue weighted by atomic mass is 31.2. The number of hydrogen-bond acceptors (Lipinski definition) is 9. The van der Waals surface area contributed by atoms with E-state index in [1.54, 1.807) is 13.4 Å². The summed E-state index contributed by atoms with van der Waals surface area (Å²) in [5.74, 6) is 0.883. The van der Waals surface area contributed by atoms with Gasteiger partial charge in [-0.1, -0.05) is 26.7 Å². The molecule has 2 rings (SSSR count). The molecular formula is C17H32N5O5P. The Morgan fingerprint density at radius 3 is 2.50 bits per heavy atom.